The van der Waals surface area contributed by atoms with Gasteiger partial charge in [0.15, 0.2) is 0 Å². The Morgan fingerprint density at radius 3 is 1.30 bits per heavy atom. The van der Waals surface area contributed by atoms with Crippen molar-refractivity contribution in [3.05, 3.63) is 110 Å². The van der Waals surface area contributed by atoms with Gasteiger partial charge in [-0.25, -0.2) is 0 Å². The van der Waals surface area contributed by atoms with E-state index in [0.29, 0.717) is 0 Å². The van der Waals surface area contributed by atoms with E-state index < -0.39 is 0 Å². The molecule has 0 aliphatic rings. The van der Waals surface area contributed by atoms with Crippen LogP contribution in [0.2, 0.25) is 0 Å². The van der Waals surface area contributed by atoms with E-state index in [1.165, 1.54) is 44.1 Å². The number of hydrogen-bond acceptors (Lipinski definition) is 2. The average molecular weight is 388 g/mol. The molecule has 6 aromatic rings. The predicted octanol–water partition coefficient (Wildman–Crippen LogP) is 6.46. The Labute approximate surface area is 174 Å². The standard InChI is InChI=1S/2C13H10N2/c2*1-2-4-13-11(3-1)12(9-15-13)10-5-7-14-8-6-10/h2*1-9,15H. The number of aromatic nitrogens is 4. The van der Waals surface area contributed by atoms with Gasteiger partial charge < -0.3 is 9.97 Å². The number of para-hydroxylation sites is 2. The van der Waals surface area contributed by atoms with Crippen LogP contribution >= 0.6 is 0 Å². The second-order valence-corrected chi connectivity index (χ2v) is 6.97. The molecule has 0 aliphatic heterocycles. The molecule has 0 radical (unpaired) electrons. The number of nitrogens with one attached hydrogen (secondary N) is 2. The van der Waals surface area contributed by atoms with Crippen LogP contribution in [0.4, 0.5) is 0 Å². The Bertz CT molecular complexity index is 1270. The van der Waals surface area contributed by atoms with Crippen molar-refractivity contribution >= 4 is 21.8 Å². The molecule has 0 saturated heterocycles. The molecule has 0 amide bonds. The van der Waals surface area contributed by atoms with Crippen LogP contribution in [-0.2, 0) is 0 Å². The number of aromatic amines is 2. The third-order valence-corrected chi connectivity index (χ3v) is 5.16. The van der Waals surface area contributed by atoms with E-state index >= 15 is 0 Å². The van der Waals surface area contributed by atoms with Crippen LogP contribution in [0.5, 0.6) is 0 Å². The maximum Gasteiger partial charge on any atom is 0.0460 e. The third kappa shape index (κ3) is 3.47. The Balaban J connectivity index is 0.000000128. The lowest BCUT2D eigenvalue weighted by Crippen LogP contribution is -1.75. The van der Waals surface area contributed by atoms with Crippen molar-refractivity contribution in [3.8, 4) is 22.3 Å². The van der Waals surface area contributed by atoms with Crippen molar-refractivity contribution in [1.82, 2.24) is 19.9 Å². The lowest BCUT2D eigenvalue weighted by atomic mass is 10.1. The van der Waals surface area contributed by atoms with Crippen LogP contribution in [0.1, 0.15) is 0 Å². The minimum Gasteiger partial charge on any atom is -0.361 e. The Morgan fingerprint density at radius 1 is 0.467 bits per heavy atom. The smallest absolute Gasteiger partial charge is 0.0460 e. The average Bonchev–Trinajstić information content (AvgIpc) is 3.45. The van der Waals surface area contributed by atoms with E-state index in [1.807, 2.05) is 73.6 Å². The molecule has 30 heavy (non-hydrogen) atoms. The molecule has 0 aliphatic carbocycles. The summed E-state index contributed by atoms with van der Waals surface area (Å²) in [6.45, 7) is 0. The first-order valence-corrected chi connectivity index (χ1v) is 9.83. The van der Waals surface area contributed by atoms with E-state index in [4.69, 9.17) is 0 Å². The number of rotatable bonds is 2. The summed E-state index contributed by atoms with van der Waals surface area (Å²) in [7, 11) is 0. The van der Waals surface area contributed by atoms with Crippen molar-refractivity contribution in [1.29, 1.82) is 0 Å². The van der Waals surface area contributed by atoms with Crippen LogP contribution in [-0.4, -0.2) is 19.9 Å². The van der Waals surface area contributed by atoms with Gasteiger partial charge >= 0.3 is 0 Å². The van der Waals surface area contributed by atoms with Crippen molar-refractivity contribution in [3.63, 3.8) is 0 Å². The largest absolute Gasteiger partial charge is 0.361 e. The molecule has 6 rings (SSSR count). The van der Waals surface area contributed by atoms with Crippen molar-refractivity contribution in [2.24, 2.45) is 0 Å². The molecule has 0 unspecified atom stereocenters. The molecule has 2 N–H and O–H groups in total. The Kier molecular flexibility index (Phi) is 4.80. The van der Waals surface area contributed by atoms with Gasteiger partial charge in [-0.05, 0) is 47.5 Å². The van der Waals surface area contributed by atoms with Gasteiger partial charge in [-0.15, -0.1) is 0 Å². The quantitative estimate of drug-likeness (QED) is 0.358. The highest BCUT2D eigenvalue weighted by Gasteiger charge is 2.05. The molecule has 4 aromatic heterocycles. The fourth-order valence-electron chi connectivity index (χ4n) is 3.68. The topological polar surface area (TPSA) is 57.4 Å². The lowest BCUT2D eigenvalue weighted by molar-refractivity contribution is 1.33. The van der Waals surface area contributed by atoms with E-state index in [-0.39, 0.29) is 0 Å². The molecule has 0 fully saturated rings. The van der Waals surface area contributed by atoms with Gasteiger partial charge in [-0.1, -0.05) is 36.4 Å². The van der Waals surface area contributed by atoms with Gasteiger partial charge in [0.25, 0.3) is 0 Å². The summed E-state index contributed by atoms with van der Waals surface area (Å²) >= 11 is 0. The van der Waals surface area contributed by atoms with Crippen molar-refractivity contribution in [2.75, 3.05) is 0 Å². The second kappa shape index (κ2) is 8.05. The maximum absolute atomic E-state index is 4.03. The molecular weight excluding hydrogens is 368 g/mol. The molecule has 0 saturated carbocycles. The second-order valence-electron chi connectivity index (χ2n) is 6.97. The monoisotopic (exact) mass is 388 g/mol. The van der Waals surface area contributed by atoms with Crippen LogP contribution < -0.4 is 0 Å². The third-order valence-electron chi connectivity index (χ3n) is 5.16. The summed E-state index contributed by atoms with van der Waals surface area (Å²) in [6.07, 6.45) is 11.3. The Hall–Kier alpha value is -4.18. The number of fused-ring (bicyclic) bond motifs is 2. The van der Waals surface area contributed by atoms with Crippen LogP contribution in [0.25, 0.3) is 44.1 Å². The van der Waals surface area contributed by atoms with Gasteiger partial charge in [0, 0.05) is 70.1 Å². The molecule has 144 valence electrons. The first kappa shape index (κ1) is 17.9. The first-order chi connectivity index (χ1) is 14.9. The van der Waals surface area contributed by atoms with Crippen molar-refractivity contribution in [2.45, 2.75) is 0 Å². The number of benzene rings is 2. The minimum absolute atomic E-state index is 1.17. The van der Waals surface area contributed by atoms with Gasteiger partial charge in [0.05, 0.1) is 0 Å². The zero-order chi connectivity index (χ0) is 20.2. The summed E-state index contributed by atoms with van der Waals surface area (Å²) in [4.78, 5) is 14.6. The number of pyridine rings is 2. The highest BCUT2D eigenvalue weighted by Crippen LogP contribution is 2.28. The van der Waals surface area contributed by atoms with Crippen LogP contribution in [0, 0.1) is 0 Å². The van der Waals surface area contributed by atoms with Crippen molar-refractivity contribution < 1.29 is 0 Å². The van der Waals surface area contributed by atoms with E-state index in [9.17, 15) is 0 Å². The minimum atomic E-state index is 1.17. The van der Waals surface area contributed by atoms with Gasteiger partial charge in [0.1, 0.15) is 0 Å². The summed E-state index contributed by atoms with van der Waals surface area (Å²) in [5.41, 5.74) is 7.19. The summed E-state index contributed by atoms with van der Waals surface area (Å²) < 4.78 is 0. The lowest BCUT2D eigenvalue weighted by Gasteiger charge is -1.97. The summed E-state index contributed by atoms with van der Waals surface area (Å²) in [6, 6.07) is 24.7. The highest BCUT2D eigenvalue weighted by atomic mass is 14.7. The van der Waals surface area contributed by atoms with Gasteiger partial charge in [0.2, 0.25) is 0 Å². The molecule has 0 bridgehead atoms. The highest BCUT2D eigenvalue weighted by molar-refractivity contribution is 5.96. The molecule has 0 atom stereocenters. The van der Waals surface area contributed by atoms with Gasteiger partial charge in [-0.3, -0.25) is 9.97 Å². The molecule has 2 aromatic carbocycles. The number of hydrogen-bond donors (Lipinski definition) is 2. The molecule has 0 spiro atoms. The fourth-order valence-corrected chi connectivity index (χ4v) is 3.68. The molecular formula is C26H20N4. The van der Waals surface area contributed by atoms with Crippen LogP contribution in [0.15, 0.2) is 110 Å². The normalized spacial score (nSPS) is 10.7. The van der Waals surface area contributed by atoms with E-state index in [2.05, 4.69) is 56.3 Å². The van der Waals surface area contributed by atoms with E-state index in [0.717, 1.165) is 0 Å². The van der Waals surface area contributed by atoms with E-state index in [1.54, 1.807) is 0 Å². The van der Waals surface area contributed by atoms with Gasteiger partial charge in [-0.2, -0.15) is 0 Å². The number of H-pyrrole nitrogens is 2. The number of nitrogens with zero attached hydrogens (tertiary/aromatic N) is 2. The first-order valence-electron chi connectivity index (χ1n) is 9.83. The predicted molar refractivity (Wildman–Crippen MR) is 123 cm³/mol. The Morgan fingerprint density at radius 2 is 0.867 bits per heavy atom. The summed E-state index contributed by atoms with van der Waals surface area (Å²) in [5, 5.41) is 2.51. The molecule has 4 nitrogen and oxygen atoms in total. The molecule has 4 heterocycles. The molecule has 4 heteroatoms. The SMILES string of the molecule is c1ccc2c(-c3ccncc3)c[nH]c2c1.c1ccc2c(-c3ccncc3)c[nH]c2c1. The fraction of sp³-hybridized carbons (Fsp3) is 0. The zero-order valence-electron chi connectivity index (χ0n) is 16.3. The maximum atomic E-state index is 4.03. The summed E-state index contributed by atoms with van der Waals surface area (Å²) in [5.74, 6) is 0. The zero-order valence-corrected chi connectivity index (χ0v) is 16.3. The van der Waals surface area contributed by atoms with Crippen LogP contribution in [0.3, 0.4) is 0 Å².